The van der Waals surface area contributed by atoms with Crippen molar-refractivity contribution in [1.82, 2.24) is 9.55 Å². The summed E-state index contributed by atoms with van der Waals surface area (Å²) in [5.41, 5.74) is 8.40. The van der Waals surface area contributed by atoms with Crippen LogP contribution in [0, 0.1) is 0 Å². The first-order chi connectivity index (χ1) is 22.8. The molecule has 0 saturated carbocycles. The van der Waals surface area contributed by atoms with Crippen LogP contribution in [0.3, 0.4) is 0 Å². The van der Waals surface area contributed by atoms with Crippen LogP contribution in [0.4, 0.5) is 0 Å². The largest absolute Gasteiger partial charge is 0.456 e. The van der Waals surface area contributed by atoms with Gasteiger partial charge in [0.2, 0.25) is 0 Å². The Hall–Kier alpha value is -6.19. The Labute approximate surface area is 264 Å². The molecule has 0 fully saturated rings. The third-order valence-electron chi connectivity index (χ3n) is 9.38. The standard InChI is InChI=1S/C43H26N2O/c1-2-15-31-27(11-1)12-10-21-37(31)43-44-41-35-19-5-3-16-32(35)33-17-4-6-20-36(33)42(41)45(43)30-14-9-13-28(25-30)29-23-24-40-38(26-29)34-18-7-8-22-39(34)46-40/h1-26H. The summed E-state index contributed by atoms with van der Waals surface area (Å²) in [5.74, 6) is 0.932. The minimum Gasteiger partial charge on any atom is -0.456 e. The molecule has 0 saturated heterocycles. The molecule has 0 amide bonds. The van der Waals surface area contributed by atoms with Crippen molar-refractivity contribution in [2.75, 3.05) is 0 Å². The number of fused-ring (bicyclic) bond motifs is 10. The highest BCUT2D eigenvalue weighted by atomic mass is 16.3. The van der Waals surface area contributed by atoms with E-state index in [1.165, 1.54) is 26.9 Å². The molecule has 3 nitrogen and oxygen atoms in total. The lowest BCUT2D eigenvalue weighted by Crippen LogP contribution is -1.99. The number of aromatic nitrogens is 2. The Morgan fingerprint density at radius 3 is 1.93 bits per heavy atom. The number of benzene rings is 8. The Bertz CT molecular complexity index is 2810. The molecule has 2 heterocycles. The molecule has 10 rings (SSSR count). The minimum absolute atomic E-state index is 0.901. The third-order valence-corrected chi connectivity index (χ3v) is 9.38. The predicted octanol–water partition coefficient (Wildman–Crippen LogP) is 11.7. The van der Waals surface area contributed by atoms with Crippen LogP contribution in [0.25, 0.3) is 93.5 Å². The van der Waals surface area contributed by atoms with Crippen LogP contribution >= 0.6 is 0 Å². The van der Waals surface area contributed by atoms with Crippen molar-refractivity contribution in [2.45, 2.75) is 0 Å². The van der Waals surface area contributed by atoms with E-state index >= 15 is 0 Å². The third kappa shape index (κ3) is 3.63. The van der Waals surface area contributed by atoms with Gasteiger partial charge < -0.3 is 4.42 Å². The maximum Gasteiger partial charge on any atom is 0.146 e. The highest BCUT2D eigenvalue weighted by molar-refractivity contribution is 6.24. The van der Waals surface area contributed by atoms with Gasteiger partial charge in [-0.25, -0.2) is 4.98 Å². The van der Waals surface area contributed by atoms with Gasteiger partial charge in [0.1, 0.15) is 17.0 Å². The van der Waals surface area contributed by atoms with Gasteiger partial charge in [-0.1, -0.05) is 127 Å². The van der Waals surface area contributed by atoms with Gasteiger partial charge in [-0.3, -0.25) is 4.57 Å². The van der Waals surface area contributed by atoms with E-state index in [0.29, 0.717) is 0 Å². The first-order valence-corrected chi connectivity index (χ1v) is 15.6. The average molecular weight is 587 g/mol. The van der Waals surface area contributed by atoms with Gasteiger partial charge in [0, 0.05) is 32.8 Å². The molecule has 0 radical (unpaired) electrons. The fourth-order valence-electron chi connectivity index (χ4n) is 7.29. The number of imidazole rings is 1. The van der Waals surface area contributed by atoms with Gasteiger partial charge in [0.25, 0.3) is 0 Å². The van der Waals surface area contributed by atoms with Gasteiger partial charge in [-0.05, 0) is 63.0 Å². The molecule has 3 heteroatoms. The van der Waals surface area contributed by atoms with Gasteiger partial charge in [0.05, 0.1) is 11.0 Å². The van der Waals surface area contributed by atoms with Crippen molar-refractivity contribution in [1.29, 1.82) is 0 Å². The van der Waals surface area contributed by atoms with E-state index in [1.807, 2.05) is 12.1 Å². The summed E-state index contributed by atoms with van der Waals surface area (Å²) >= 11 is 0. The average Bonchev–Trinajstić information content (AvgIpc) is 3.71. The van der Waals surface area contributed by atoms with Crippen LogP contribution in [-0.2, 0) is 0 Å². The zero-order chi connectivity index (χ0) is 30.2. The zero-order valence-corrected chi connectivity index (χ0v) is 24.8. The number of hydrogen-bond donors (Lipinski definition) is 0. The SMILES string of the molecule is c1cc(-c2ccc3oc4ccccc4c3c2)cc(-n2c(-c3cccc4ccccc34)nc3c4ccccc4c4ccccc4c32)c1. The van der Waals surface area contributed by atoms with E-state index in [2.05, 4.69) is 150 Å². The molecule has 2 aromatic heterocycles. The second-order valence-electron chi connectivity index (χ2n) is 11.9. The van der Waals surface area contributed by atoms with E-state index in [-0.39, 0.29) is 0 Å². The Balaban J connectivity index is 1.30. The fourth-order valence-corrected chi connectivity index (χ4v) is 7.29. The Morgan fingerprint density at radius 2 is 1.07 bits per heavy atom. The van der Waals surface area contributed by atoms with Gasteiger partial charge >= 0.3 is 0 Å². The molecule has 0 bridgehead atoms. The molecule has 10 aromatic rings. The van der Waals surface area contributed by atoms with Crippen molar-refractivity contribution in [2.24, 2.45) is 0 Å². The van der Waals surface area contributed by atoms with Crippen LogP contribution in [0.1, 0.15) is 0 Å². The first kappa shape index (κ1) is 25.2. The zero-order valence-electron chi connectivity index (χ0n) is 24.8. The second kappa shape index (κ2) is 9.65. The second-order valence-corrected chi connectivity index (χ2v) is 11.9. The quantitative estimate of drug-likeness (QED) is 0.193. The van der Waals surface area contributed by atoms with Gasteiger partial charge in [-0.15, -0.1) is 0 Å². The van der Waals surface area contributed by atoms with Gasteiger partial charge in [0.15, 0.2) is 0 Å². The fraction of sp³-hybridized carbons (Fsp3) is 0. The number of rotatable bonds is 3. The van der Waals surface area contributed by atoms with Crippen molar-refractivity contribution in [3.63, 3.8) is 0 Å². The van der Waals surface area contributed by atoms with E-state index in [1.54, 1.807) is 0 Å². The molecular formula is C43H26N2O. The van der Waals surface area contributed by atoms with Crippen LogP contribution in [-0.4, -0.2) is 9.55 Å². The number of nitrogens with zero attached hydrogens (tertiary/aromatic N) is 2. The first-order valence-electron chi connectivity index (χ1n) is 15.6. The summed E-state index contributed by atoms with van der Waals surface area (Å²) in [4.78, 5) is 5.51. The van der Waals surface area contributed by atoms with E-state index in [9.17, 15) is 0 Å². The molecule has 0 unspecified atom stereocenters. The summed E-state index contributed by atoms with van der Waals surface area (Å²) in [7, 11) is 0. The molecule has 0 spiro atoms. The van der Waals surface area contributed by atoms with Crippen LogP contribution in [0.15, 0.2) is 162 Å². The molecule has 46 heavy (non-hydrogen) atoms. The van der Waals surface area contributed by atoms with E-state index < -0.39 is 0 Å². The van der Waals surface area contributed by atoms with Crippen LogP contribution in [0.5, 0.6) is 0 Å². The predicted molar refractivity (Wildman–Crippen MR) is 192 cm³/mol. The molecular weight excluding hydrogens is 560 g/mol. The van der Waals surface area contributed by atoms with Crippen molar-refractivity contribution < 1.29 is 4.42 Å². The smallest absolute Gasteiger partial charge is 0.146 e. The summed E-state index contributed by atoms with van der Waals surface area (Å²) < 4.78 is 8.51. The summed E-state index contributed by atoms with van der Waals surface area (Å²) in [6, 6.07) is 56.1. The van der Waals surface area contributed by atoms with Gasteiger partial charge in [-0.2, -0.15) is 0 Å². The lowest BCUT2D eigenvalue weighted by molar-refractivity contribution is 0.669. The van der Waals surface area contributed by atoms with Crippen LogP contribution < -0.4 is 0 Å². The lowest BCUT2D eigenvalue weighted by Gasteiger charge is -2.15. The molecule has 0 aliphatic rings. The normalized spacial score (nSPS) is 11.9. The molecule has 8 aromatic carbocycles. The minimum atomic E-state index is 0.901. The molecule has 0 aliphatic carbocycles. The Kier molecular flexibility index (Phi) is 5.28. The molecule has 214 valence electrons. The highest BCUT2D eigenvalue weighted by Crippen LogP contribution is 2.41. The Morgan fingerprint density at radius 1 is 0.435 bits per heavy atom. The number of furan rings is 1. The maximum atomic E-state index is 6.14. The molecule has 0 N–H and O–H groups in total. The lowest BCUT2D eigenvalue weighted by atomic mass is 9.99. The van der Waals surface area contributed by atoms with E-state index in [4.69, 9.17) is 9.40 Å². The highest BCUT2D eigenvalue weighted by Gasteiger charge is 2.21. The number of hydrogen-bond acceptors (Lipinski definition) is 2. The summed E-state index contributed by atoms with van der Waals surface area (Å²) in [6.45, 7) is 0. The molecule has 0 atom stereocenters. The number of para-hydroxylation sites is 1. The topological polar surface area (TPSA) is 31.0 Å². The van der Waals surface area contributed by atoms with E-state index in [0.717, 1.165) is 66.6 Å². The summed E-state index contributed by atoms with van der Waals surface area (Å²) in [6.07, 6.45) is 0. The maximum absolute atomic E-state index is 6.14. The summed E-state index contributed by atoms with van der Waals surface area (Å²) in [5, 5.41) is 9.43. The molecule has 0 aliphatic heterocycles. The van der Waals surface area contributed by atoms with Crippen molar-refractivity contribution in [3.8, 4) is 28.2 Å². The van der Waals surface area contributed by atoms with Crippen molar-refractivity contribution in [3.05, 3.63) is 158 Å². The monoisotopic (exact) mass is 586 g/mol. The van der Waals surface area contributed by atoms with Crippen LogP contribution in [0.2, 0.25) is 0 Å². The van der Waals surface area contributed by atoms with Crippen molar-refractivity contribution >= 4 is 65.3 Å².